The quantitative estimate of drug-likeness (QED) is 0.661. The molecular formula is C22H24F2N4O4S. The fourth-order valence-corrected chi connectivity index (χ4v) is 6.46. The van der Waals surface area contributed by atoms with E-state index in [-0.39, 0.29) is 29.6 Å². The summed E-state index contributed by atoms with van der Waals surface area (Å²) in [6, 6.07) is 8.13. The molecule has 4 rings (SSSR count). The SMILES string of the molecule is CN1C(N)=N[C@]2(C)c3cc(CC(=O)c4ccc(OC(F)F)cn4)ccc3CCC[C@@H]2S1(=O)=O. The number of nitrogens with zero attached hydrogens (tertiary/aromatic N) is 3. The molecule has 1 aromatic heterocycles. The highest BCUT2D eigenvalue weighted by molar-refractivity contribution is 7.90. The predicted octanol–water partition coefficient (Wildman–Crippen LogP) is 2.62. The molecule has 2 aromatic rings. The first kappa shape index (κ1) is 23.1. The van der Waals surface area contributed by atoms with E-state index in [1.165, 1.54) is 19.2 Å². The van der Waals surface area contributed by atoms with Crippen LogP contribution in [-0.2, 0) is 28.4 Å². The number of nitrogens with two attached hydrogens (primary N) is 1. The molecule has 0 unspecified atom stereocenters. The van der Waals surface area contributed by atoms with Crippen LogP contribution < -0.4 is 10.5 Å². The molecule has 2 atom stereocenters. The maximum absolute atomic E-state index is 13.1. The topological polar surface area (TPSA) is 115 Å². The molecule has 8 nitrogen and oxygen atoms in total. The lowest BCUT2D eigenvalue weighted by atomic mass is 9.84. The smallest absolute Gasteiger partial charge is 0.387 e. The number of sulfonamides is 1. The van der Waals surface area contributed by atoms with Gasteiger partial charge in [0.25, 0.3) is 0 Å². The molecular weight excluding hydrogens is 454 g/mol. The molecule has 0 saturated carbocycles. The third kappa shape index (κ3) is 4.17. The molecule has 1 aliphatic heterocycles. The summed E-state index contributed by atoms with van der Waals surface area (Å²) in [5.41, 5.74) is 7.38. The first-order valence-corrected chi connectivity index (χ1v) is 11.9. The first-order valence-electron chi connectivity index (χ1n) is 10.4. The Kier molecular flexibility index (Phi) is 5.85. The van der Waals surface area contributed by atoms with Crippen LogP contribution in [0.25, 0.3) is 0 Å². The molecule has 0 bridgehead atoms. The van der Waals surface area contributed by atoms with Crippen molar-refractivity contribution in [2.45, 2.75) is 50.0 Å². The molecule has 11 heteroatoms. The molecule has 2 aliphatic rings. The Hall–Kier alpha value is -3.08. The van der Waals surface area contributed by atoms with Crippen molar-refractivity contribution in [1.82, 2.24) is 9.29 Å². The average molecular weight is 479 g/mol. The highest BCUT2D eigenvalue weighted by Crippen LogP contribution is 2.44. The van der Waals surface area contributed by atoms with Gasteiger partial charge in [-0.15, -0.1) is 0 Å². The van der Waals surface area contributed by atoms with E-state index in [4.69, 9.17) is 5.73 Å². The van der Waals surface area contributed by atoms with Crippen LogP contribution in [0.15, 0.2) is 41.5 Å². The lowest BCUT2D eigenvalue weighted by Gasteiger charge is -2.41. The predicted molar refractivity (Wildman–Crippen MR) is 118 cm³/mol. The number of aromatic nitrogens is 1. The highest BCUT2D eigenvalue weighted by Gasteiger charge is 2.51. The fraction of sp³-hybridized carbons (Fsp3) is 0.409. The number of alkyl halides is 2. The van der Waals surface area contributed by atoms with Crippen LogP contribution in [-0.4, -0.2) is 48.4 Å². The van der Waals surface area contributed by atoms with Gasteiger partial charge in [-0.3, -0.25) is 4.79 Å². The zero-order valence-electron chi connectivity index (χ0n) is 18.2. The molecule has 33 heavy (non-hydrogen) atoms. The third-order valence-corrected chi connectivity index (χ3v) is 8.65. The number of aryl methyl sites for hydroxylation is 1. The minimum absolute atomic E-state index is 0.00191. The molecule has 0 saturated heterocycles. The zero-order chi connectivity index (χ0) is 24.0. The Morgan fingerprint density at radius 3 is 2.76 bits per heavy atom. The fourth-order valence-electron chi connectivity index (χ4n) is 4.55. The van der Waals surface area contributed by atoms with E-state index < -0.39 is 27.4 Å². The van der Waals surface area contributed by atoms with Crippen molar-refractivity contribution in [3.63, 3.8) is 0 Å². The number of pyridine rings is 1. The van der Waals surface area contributed by atoms with Crippen molar-refractivity contribution in [3.8, 4) is 5.75 Å². The number of Topliss-reactive ketones (excluding diaryl/α,β-unsaturated/α-hetero) is 1. The number of ether oxygens (including phenoxy) is 1. The van der Waals surface area contributed by atoms with Gasteiger partial charge in [-0.25, -0.2) is 22.7 Å². The molecule has 2 heterocycles. The number of ketones is 1. The molecule has 2 N–H and O–H groups in total. The van der Waals surface area contributed by atoms with Gasteiger partial charge >= 0.3 is 6.61 Å². The van der Waals surface area contributed by atoms with Gasteiger partial charge in [-0.05, 0) is 55.0 Å². The molecule has 0 spiro atoms. The van der Waals surface area contributed by atoms with Gasteiger partial charge in [0.15, 0.2) is 5.78 Å². The largest absolute Gasteiger partial charge is 0.433 e. The summed E-state index contributed by atoms with van der Waals surface area (Å²) in [6.45, 7) is -1.20. The number of carbonyl (C=O) groups is 1. The lowest BCUT2D eigenvalue weighted by molar-refractivity contribution is -0.0500. The molecule has 1 aliphatic carbocycles. The van der Waals surface area contributed by atoms with Crippen LogP contribution in [0.5, 0.6) is 5.75 Å². The summed E-state index contributed by atoms with van der Waals surface area (Å²) in [7, 11) is -2.29. The van der Waals surface area contributed by atoms with Crippen molar-refractivity contribution in [1.29, 1.82) is 0 Å². The maximum Gasteiger partial charge on any atom is 0.387 e. The van der Waals surface area contributed by atoms with E-state index in [2.05, 4.69) is 14.7 Å². The van der Waals surface area contributed by atoms with Gasteiger partial charge < -0.3 is 10.5 Å². The third-order valence-electron chi connectivity index (χ3n) is 6.28. The van der Waals surface area contributed by atoms with E-state index in [1.807, 2.05) is 18.2 Å². The Balaban J connectivity index is 1.66. The van der Waals surface area contributed by atoms with Gasteiger partial charge in [0.1, 0.15) is 22.2 Å². The zero-order valence-corrected chi connectivity index (χ0v) is 19.0. The van der Waals surface area contributed by atoms with Gasteiger partial charge in [-0.2, -0.15) is 8.78 Å². The first-order chi connectivity index (χ1) is 15.5. The van der Waals surface area contributed by atoms with Crippen LogP contribution >= 0.6 is 0 Å². The minimum Gasteiger partial charge on any atom is -0.433 e. The number of carbonyl (C=O) groups excluding carboxylic acids is 1. The van der Waals surface area contributed by atoms with Crippen LogP contribution in [0.4, 0.5) is 8.78 Å². The number of rotatable bonds is 5. The van der Waals surface area contributed by atoms with Gasteiger partial charge in [0.05, 0.1) is 6.20 Å². The number of benzene rings is 1. The minimum atomic E-state index is -3.69. The number of hydrogen-bond donors (Lipinski definition) is 1. The second-order valence-corrected chi connectivity index (χ2v) is 10.5. The lowest BCUT2D eigenvalue weighted by Crippen LogP contribution is -2.56. The van der Waals surface area contributed by atoms with Crippen LogP contribution in [0.1, 0.15) is 46.9 Å². The van der Waals surface area contributed by atoms with Gasteiger partial charge in [0, 0.05) is 13.5 Å². The van der Waals surface area contributed by atoms with Gasteiger partial charge in [0.2, 0.25) is 16.0 Å². The Morgan fingerprint density at radius 2 is 2.09 bits per heavy atom. The summed E-state index contributed by atoms with van der Waals surface area (Å²) in [4.78, 5) is 21.3. The molecule has 0 radical (unpaired) electrons. The van der Waals surface area contributed by atoms with E-state index in [9.17, 15) is 22.0 Å². The van der Waals surface area contributed by atoms with E-state index >= 15 is 0 Å². The Labute approximate surface area is 190 Å². The number of halogens is 2. The standard InChI is InChI=1S/C22H24F2N4O4S/c1-22-16-10-13(11-18(29)17-9-8-15(12-26-17)32-20(23)24)6-7-14(16)4-3-5-19(22)33(30,31)28(2)21(25)27-22/h6-10,12,19-20H,3-5,11H2,1-2H3,(H2,25,27)/t19-,22+/m0/s1. The average Bonchev–Trinajstić information content (AvgIpc) is 2.89. The summed E-state index contributed by atoms with van der Waals surface area (Å²) in [5, 5.41) is -0.765. The van der Waals surface area contributed by atoms with Crippen molar-refractivity contribution in [3.05, 3.63) is 58.9 Å². The monoisotopic (exact) mass is 478 g/mol. The number of aliphatic imine (C=N–C) groups is 1. The summed E-state index contributed by atoms with van der Waals surface area (Å²) in [5.74, 6) is -0.518. The molecule has 0 amide bonds. The molecule has 176 valence electrons. The van der Waals surface area contributed by atoms with E-state index in [0.717, 1.165) is 21.6 Å². The van der Waals surface area contributed by atoms with Crippen molar-refractivity contribution in [2.75, 3.05) is 7.05 Å². The normalized spacial score (nSPS) is 23.8. The maximum atomic E-state index is 13.1. The highest BCUT2D eigenvalue weighted by atomic mass is 32.2. The van der Waals surface area contributed by atoms with Crippen molar-refractivity contribution < 1.29 is 26.7 Å². The number of guanidine groups is 1. The number of fused-ring (bicyclic) bond motifs is 3. The Morgan fingerprint density at radius 1 is 1.33 bits per heavy atom. The Bertz CT molecular complexity index is 1220. The van der Waals surface area contributed by atoms with E-state index in [0.29, 0.717) is 24.8 Å². The van der Waals surface area contributed by atoms with Crippen LogP contribution in [0.3, 0.4) is 0 Å². The van der Waals surface area contributed by atoms with Crippen LogP contribution in [0, 0.1) is 0 Å². The number of hydrogen-bond acceptors (Lipinski definition) is 7. The summed E-state index contributed by atoms with van der Waals surface area (Å²) < 4.78 is 56.1. The molecule has 1 aromatic carbocycles. The molecule has 0 fully saturated rings. The van der Waals surface area contributed by atoms with Crippen LogP contribution in [0.2, 0.25) is 0 Å². The second kappa shape index (κ2) is 8.36. The second-order valence-electron chi connectivity index (χ2n) is 8.36. The summed E-state index contributed by atoms with van der Waals surface area (Å²) >= 11 is 0. The van der Waals surface area contributed by atoms with E-state index in [1.54, 1.807) is 6.92 Å². The summed E-state index contributed by atoms with van der Waals surface area (Å²) in [6.07, 6.45) is 2.90. The van der Waals surface area contributed by atoms with Crippen molar-refractivity contribution >= 4 is 21.8 Å². The van der Waals surface area contributed by atoms with Crippen molar-refractivity contribution in [2.24, 2.45) is 10.7 Å². The van der Waals surface area contributed by atoms with Gasteiger partial charge in [-0.1, -0.05) is 18.2 Å².